The van der Waals surface area contributed by atoms with E-state index >= 15 is 0 Å². The van der Waals surface area contributed by atoms with Crippen molar-refractivity contribution in [3.8, 4) is 35.2 Å². The lowest BCUT2D eigenvalue weighted by atomic mass is 9.70. The highest BCUT2D eigenvalue weighted by Crippen LogP contribution is 2.43. The number of hydrogen-bond donors (Lipinski definition) is 0. The number of benzene rings is 8. The molecule has 4 heteroatoms. The van der Waals surface area contributed by atoms with Gasteiger partial charge < -0.3 is 9.47 Å². The minimum atomic E-state index is -0.325. The van der Waals surface area contributed by atoms with Gasteiger partial charge in [-0.15, -0.1) is 0 Å². The first kappa shape index (κ1) is 103. The molecule has 8 aromatic carbocycles. The van der Waals surface area contributed by atoms with Crippen molar-refractivity contribution in [2.75, 3.05) is 0 Å². The van der Waals surface area contributed by atoms with Gasteiger partial charge in [0.05, 0.1) is 11.5 Å². The summed E-state index contributed by atoms with van der Waals surface area (Å²) in [5.74, 6) is 28.3. The molecule has 0 atom stereocenters. The molecular weight excluding hydrogens is 1550 g/mol. The molecule has 8 aromatic rings. The van der Waals surface area contributed by atoms with Gasteiger partial charge in [-0.3, -0.25) is 4.79 Å². The van der Waals surface area contributed by atoms with E-state index in [4.69, 9.17) is 9.47 Å². The number of carbonyl (C=O) groups is 2. The Kier molecular flexibility index (Phi) is 46.0. The maximum Gasteiger partial charge on any atom is 0.343 e. The third-order valence-corrected chi connectivity index (χ3v) is 30.0. The number of hydrogen-bond acceptors (Lipinski definition) is 4. The Bertz CT molecular complexity index is 4400. The van der Waals surface area contributed by atoms with Crippen molar-refractivity contribution in [1.29, 1.82) is 0 Å². The molecule has 0 heterocycles. The predicted molar refractivity (Wildman–Crippen MR) is 548 cm³/mol. The molecule has 128 heavy (non-hydrogen) atoms. The monoisotopic (exact) mass is 1720 g/mol. The minimum Gasteiger partial charge on any atom is -0.426 e. The fourth-order valence-corrected chi connectivity index (χ4v) is 20.0. The van der Waals surface area contributed by atoms with E-state index in [1.165, 1.54) is 206 Å². The molecule has 690 valence electrons. The van der Waals surface area contributed by atoms with Crippen LogP contribution in [0.15, 0.2) is 206 Å². The molecule has 8 aliphatic rings. The topological polar surface area (TPSA) is 52.6 Å². The lowest BCUT2D eigenvalue weighted by Gasteiger charge is -2.36. The van der Waals surface area contributed by atoms with E-state index < -0.39 is 0 Å². The molecule has 4 nitrogen and oxygen atoms in total. The van der Waals surface area contributed by atoms with Gasteiger partial charge in [-0.1, -0.05) is 392 Å². The van der Waals surface area contributed by atoms with Crippen LogP contribution in [0.2, 0.25) is 0 Å². The molecule has 0 aliphatic heterocycles. The van der Waals surface area contributed by atoms with Gasteiger partial charge in [-0.25, -0.2) is 4.79 Å². The smallest absolute Gasteiger partial charge is 0.343 e. The Hall–Kier alpha value is -8.44. The van der Waals surface area contributed by atoms with Crippen LogP contribution in [0.3, 0.4) is 0 Å². The van der Waals surface area contributed by atoms with Gasteiger partial charge in [0.1, 0.15) is 11.5 Å². The van der Waals surface area contributed by atoms with Crippen LogP contribution >= 0.6 is 0 Å². The van der Waals surface area contributed by atoms with Gasteiger partial charge in [0.2, 0.25) is 0 Å². The predicted octanol–water partition coefficient (Wildman–Crippen LogP) is 34.8. The molecule has 0 bridgehead atoms. The van der Waals surface area contributed by atoms with Crippen LogP contribution in [-0.2, 0) is 11.2 Å². The van der Waals surface area contributed by atoms with Gasteiger partial charge >= 0.3 is 11.9 Å². The SMILES string of the molecule is CC1CCC(C2CCC(C)CC2)CC1.CC1CCC(CCC2CCC(C)CC2)CC1.Cc1ccc(C#C/C=C/C2CCC(C)CC2)cc1.Cc1ccc(C#Cc2ccc(C)cc2)cc1.Cc1ccc(C2CCC(C)CC2)cc1.Cc1ccc(CCC2CCC(C)CC2)cc1.Cc1ccc(OC(=O)C2CCC(C)CC2)cc1.Cc1ccc(OC(=O)c2ccc(C)cc2)cc1. The van der Waals surface area contributed by atoms with Crippen LogP contribution in [0, 0.1) is 168 Å². The third kappa shape index (κ3) is 40.9. The number of allylic oxidation sites excluding steroid dienone is 2. The van der Waals surface area contributed by atoms with Crippen molar-refractivity contribution in [1.82, 2.24) is 0 Å². The number of ether oxygens (including phenoxy) is 2. The Morgan fingerprint density at radius 3 is 0.938 bits per heavy atom. The summed E-state index contributed by atoms with van der Waals surface area (Å²) < 4.78 is 10.7. The minimum absolute atomic E-state index is 0.0549. The molecule has 0 saturated heterocycles. The van der Waals surface area contributed by atoms with Crippen LogP contribution in [0.5, 0.6) is 11.5 Å². The molecule has 8 fully saturated rings. The first-order valence-corrected chi connectivity index (χ1v) is 51.4. The third-order valence-electron chi connectivity index (χ3n) is 30.0. The normalized spacial score (nSPS) is 25.3. The van der Waals surface area contributed by atoms with E-state index in [0.29, 0.717) is 17.1 Å². The average Bonchev–Trinajstić information content (AvgIpc) is 0.862. The molecule has 8 saturated carbocycles. The van der Waals surface area contributed by atoms with Crippen molar-refractivity contribution in [2.45, 2.75) is 348 Å². The quantitative estimate of drug-likeness (QED) is 0.0656. The number of rotatable bonds is 13. The molecule has 0 unspecified atom stereocenters. The van der Waals surface area contributed by atoms with Crippen molar-refractivity contribution in [2.24, 2.45) is 88.8 Å². The van der Waals surface area contributed by atoms with Crippen LogP contribution in [0.1, 0.15) is 369 Å². The van der Waals surface area contributed by atoms with Gasteiger partial charge in [0.25, 0.3) is 0 Å². The second-order valence-corrected chi connectivity index (χ2v) is 42.1. The van der Waals surface area contributed by atoms with Crippen molar-refractivity contribution in [3.63, 3.8) is 0 Å². The summed E-state index contributed by atoms with van der Waals surface area (Å²) in [6.07, 6.45) is 55.6. The average molecular weight is 1720 g/mol. The van der Waals surface area contributed by atoms with Crippen molar-refractivity contribution in [3.05, 3.63) is 284 Å². The second kappa shape index (κ2) is 57.0. The van der Waals surface area contributed by atoms with E-state index in [9.17, 15) is 9.59 Å². The summed E-state index contributed by atoms with van der Waals surface area (Å²) in [5, 5.41) is 0. The molecule has 0 radical (unpaired) electrons. The molecule has 16 rings (SSSR count). The van der Waals surface area contributed by atoms with Crippen molar-refractivity contribution >= 4 is 11.9 Å². The molecule has 0 spiro atoms. The van der Waals surface area contributed by atoms with E-state index in [0.717, 1.165) is 142 Å². The zero-order valence-corrected chi connectivity index (χ0v) is 83.0. The van der Waals surface area contributed by atoms with Crippen LogP contribution < -0.4 is 9.47 Å². The highest BCUT2D eigenvalue weighted by Gasteiger charge is 2.30. The van der Waals surface area contributed by atoms with Crippen LogP contribution in [-0.4, -0.2) is 11.9 Å². The van der Waals surface area contributed by atoms with Crippen molar-refractivity contribution < 1.29 is 19.1 Å². The zero-order valence-electron chi connectivity index (χ0n) is 83.0. The first-order valence-electron chi connectivity index (χ1n) is 51.4. The van der Waals surface area contributed by atoms with Gasteiger partial charge in [-0.2, -0.15) is 0 Å². The Balaban J connectivity index is 0.000000165. The Morgan fingerprint density at radius 2 is 0.570 bits per heavy atom. The summed E-state index contributed by atoms with van der Waals surface area (Å²) in [7, 11) is 0. The van der Waals surface area contributed by atoms with Crippen LogP contribution in [0.25, 0.3) is 0 Å². The van der Waals surface area contributed by atoms with Gasteiger partial charge in [0, 0.05) is 16.7 Å². The maximum absolute atomic E-state index is 11.9. The fraction of sp³-hybridized carbons (Fsp3) is 0.548. The first-order chi connectivity index (χ1) is 61.8. The van der Waals surface area contributed by atoms with Gasteiger partial charge in [-0.05, 0) is 324 Å². The summed E-state index contributed by atoms with van der Waals surface area (Å²) >= 11 is 0. The zero-order chi connectivity index (χ0) is 91.4. The largest absolute Gasteiger partial charge is 0.426 e. The van der Waals surface area contributed by atoms with E-state index in [2.05, 4.69) is 241 Å². The lowest BCUT2D eigenvalue weighted by molar-refractivity contribution is -0.140. The molecule has 8 aliphatic carbocycles. The molecular formula is C124H170O4. The standard InChI is InChI=1S/C18H22.C16H30.C16H24.C16H14.C15H20O2.C15H14O2.C14H26.C14H20/c1-15-7-11-17(12-8-15)5-3-4-6-18-13-9-16(2)10-14-18;3*1-13-3-7-15(8-4-13)11-12-16-9-5-14(2)6-10-16;2*1-11-3-7-13(8-4-11)15(16)17-14-9-5-12(2)6-10-14;2*1-11-3-7-13(8-4-11)14-9-5-12(2)6-10-14/h3,5,9-10,13-15,17H,7-8,11-12H2,1-2H3;13-16H,3-12H2,1-2H3;3-4,7-8,14,16H,5-6,9-12H2,1-2H3;3-10H,1-2H3;5-6,9-11,13H,3-4,7-8H2,1-2H3;3-10H,1-2H3;11-14H,3-10H2,1-2H3;3-4,7-8,12,14H,5-6,9-10H2,1-2H3/b5-3+;;;;;;;. The molecule has 0 aromatic heterocycles. The Morgan fingerprint density at radius 1 is 0.289 bits per heavy atom. The Labute approximate surface area is 781 Å². The summed E-state index contributed by atoms with van der Waals surface area (Å²) in [5.41, 5.74) is 16.9. The molecule has 0 amide bonds. The highest BCUT2D eigenvalue weighted by molar-refractivity contribution is 5.91. The van der Waals surface area contributed by atoms with Crippen LogP contribution in [0.4, 0.5) is 0 Å². The summed E-state index contributed by atoms with van der Waals surface area (Å²) in [4.78, 5) is 23.7. The fourth-order valence-electron chi connectivity index (χ4n) is 20.0. The number of esters is 2. The van der Waals surface area contributed by atoms with Gasteiger partial charge in [0.15, 0.2) is 0 Å². The number of carbonyl (C=O) groups excluding carboxylic acids is 2. The van der Waals surface area contributed by atoms with E-state index in [1.54, 1.807) is 68.4 Å². The maximum atomic E-state index is 11.9. The molecule has 0 N–H and O–H groups in total. The second-order valence-electron chi connectivity index (χ2n) is 42.1. The summed E-state index contributed by atoms with van der Waals surface area (Å²) in [6, 6.07) is 65.5. The van der Waals surface area contributed by atoms with E-state index in [1.807, 2.05) is 75.4 Å². The highest BCUT2D eigenvalue weighted by atomic mass is 16.5. The summed E-state index contributed by atoms with van der Waals surface area (Å²) in [6.45, 7) is 35.7. The van der Waals surface area contributed by atoms with E-state index in [-0.39, 0.29) is 17.9 Å². The lowest BCUT2D eigenvalue weighted by Crippen LogP contribution is -2.24. The number of aryl methyl sites for hydroxylation is 9.